The maximum Gasteiger partial charge on any atom is 1.00 e. The Morgan fingerprint density at radius 1 is 1.00 bits per heavy atom. The van der Waals surface area contributed by atoms with E-state index in [1.54, 1.807) is 6.92 Å². The van der Waals surface area contributed by atoms with Crippen LogP contribution in [0.15, 0.2) is 0 Å². The molecule has 0 N–H and O–H groups in total. The van der Waals surface area contributed by atoms with Crippen molar-refractivity contribution in [1.29, 1.82) is 0 Å². The van der Waals surface area contributed by atoms with Crippen LogP contribution in [0.25, 0.3) is 0 Å². The summed E-state index contributed by atoms with van der Waals surface area (Å²) in [7, 11) is 0. The molecule has 0 fully saturated rings. The molecular weight excluding hydrogens is 194 g/mol. The van der Waals surface area contributed by atoms with Crippen LogP contribution in [0.2, 0.25) is 5.28 Å². The van der Waals surface area contributed by atoms with Crippen molar-refractivity contribution in [3.8, 4) is 0 Å². The van der Waals surface area contributed by atoms with E-state index in [-0.39, 0.29) is 36.2 Å². The van der Waals surface area contributed by atoms with Crippen LogP contribution in [-0.4, -0.2) is 34.6 Å². The summed E-state index contributed by atoms with van der Waals surface area (Å²) < 4.78 is 10.7. The molecule has 0 rings (SSSR count). The van der Waals surface area contributed by atoms with Gasteiger partial charge in [-0.1, -0.05) is 13.8 Å². The maximum atomic E-state index is 8.93. The van der Waals surface area contributed by atoms with Crippen LogP contribution in [0, 0.1) is 0 Å². The zero-order valence-electron chi connectivity index (χ0n) is 9.63. The Morgan fingerprint density at radius 2 is 1.31 bits per heavy atom. The zero-order chi connectivity index (χ0) is 9.82. The normalized spacial score (nSPS) is 8.08. The predicted octanol–water partition coefficient (Wildman–Crippen LogP) is -2.06. The van der Waals surface area contributed by atoms with Crippen LogP contribution >= 0.6 is 0 Å². The second kappa shape index (κ2) is 19.1. The molecule has 0 spiro atoms. The van der Waals surface area contributed by atoms with Crippen LogP contribution in [-0.2, 0) is 7.58 Å². The fourth-order valence-corrected chi connectivity index (χ4v) is 1.97. The van der Waals surface area contributed by atoms with E-state index < -0.39 is 14.8 Å². The summed E-state index contributed by atoms with van der Waals surface area (Å²) in [6, 6.07) is 0. The Hall–Kier alpha value is 1.41. The van der Waals surface area contributed by atoms with Gasteiger partial charge in [0.25, 0.3) is 0 Å². The third kappa shape index (κ3) is 19.7. The first-order valence-electron chi connectivity index (χ1n) is 4.57. The van der Waals surface area contributed by atoms with E-state index in [4.69, 9.17) is 12.7 Å². The van der Waals surface area contributed by atoms with E-state index >= 15 is 0 Å². The maximum absolute atomic E-state index is 8.93. The van der Waals surface area contributed by atoms with Gasteiger partial charge in [-0.25, -0.2) is 0 Å². The summed E-state index contributed by atoms with van der Waals surface area (Å²) in [5, 5.41) is 10.0. The average Bonchev–Trinajstić information content (AvgIpc) is 2.05. The SMILES string of the molecule is CC[O-].CC[O][Al]([CH2]C)[O]CC.[Na+]. The molecule has 0 aliphatic heterocycles. The second-order valence-corrected chi connectivity index (χ2v) is 4.38. The Balaban J connectivity index is -0.000000220. The van der Waals surface area contributed by atoms with Gasteiger partial charge in [0.1, 0.15) is 0 Å². The Morgan fingerprint density at radius 3 is 1.46 bits per heavy atom. The van der Waals surface area contributed by atoms with Crippen molar-refractivity contribution >= 4 is 14.8 Å². The molecule has 0 saturated heterocycles. The first kappa shape index (κ1) is 19.9. The largest absolute Gasteiger partial charge is 1.00 e. The molecular formula is C8H20AlNaO3. The van der Waals surface area contributed by atoms with E-state index in [1.165, 1.54) is 0 Å². The summed E-state index contributed by atoms with van der Waals surface area (Å²) in [6.07, 6.45) is 0. The predicted molar refractivity (Wildman–Crippen MR) is 50.0 cm³/mol. The van der Waals surface area contributed by atoms with Crippen LogP contribution in [0.3, 0.4) is 0 Å². The molecule has 0 amide bonds. The summed E-state index contributed by atoms with van der Waals surface area (Å²) >= 11 is -1.21. The molecule has 3 nitrogen and oxygen atoms in total. The van der Waals surface area contributed by atoms with Gasteiger partial charge < -0.3 is 12.7 Å². The van der Waals surface area contributed by atoms with E-state index in [2.05, 4.69) is 6.92 Å². The molecule has 0 unspecified atom stereocenters. The third-order valence-corrected chi connectivity index (χ3v) is 3.12. The zero-order valence-corrected chi connectivity index (χ0v) is 12.8. The van der Waals surface area contributed by atoms with Gasteiger partial charge in [-0.15, -0.1) is 6.61 Å². The van der Waals surface area contributed by atoms with Gasteiger partial charge in [0.05, 0.1) is 0 Å². The van der Waals surface area contributed by atoms with Gasteiger partial charge in [-0.3, -0.25) is 0 Å². The number of hydrogen-bond acceptors (Lipinski definition) is 3. The van der Waals surface area contributed by atoms with Gasteiger partial charge in [0.2, 0.25) is 0 Å². The van der Waals surface area contributed by atoms with Crippen molar-refractivity contribution in [2.75, 3.05) is 19.8 Å². The van der Waals surface area contributed by atoms with E-state index in [1.807, 2.05) is 13.8 Å². The number of hydrogen-bond donors (Lipinski definition) is 0. The molecule has 0 aromatic carbocycles. The molecule has 74 valence electrons. The summed E-state index contributed by atoms with van der Waals surface area (Å²) in [5.74, 6) is 0. The van der Waals surface area contributed by atoms with Crippen LogP contribution in [0.5, 0.6) is 0 Å². The first-order valence-corrected chi connectivity index (χ1v) is 6.33. The molecule has 0 radical (unpaired) electrons. The fourth-order valence-electron chi connectivity index (χ4n) is 0.656. The first-order chi connectivity index (χ1) is 5.76. The van der Waals surface area contributed by atoms with Gasteiger partial charge in [0, 0.05) is 13.2 Å². The Kier molecular flexibility index (Phi) is 29.2. The van der Waals surface area contributed by atoms with Crippen molar-refractivity contribution < 1.29 is 42.2 Å². The standard InChI is InChI=1S/3C2H5O.C2H5.Al.Na/c3*1-2-3;1-2;;/h3*2H2,1H3;1H2,2H3;;/q3*-1;;+2;+1. The van der Waals surface area contributed by atoms with Crippen molar-refractivity contribution in [2.45, 2.75) is 33.0 Å². The van der Waals surface area contributed by atoms with Crippen LogP contribution in [0.1, 0.15) is 27.7 Å². The van der Waals surface area contributed by atoms with Crippen molar-refractivity contribution in [3.05, 3.63) is 0 Å². The smallest absolute Gasteiger partial charge is 0.855 e. The monoisotopic (exact) mass is 214 g/mol. The van der Waals surface area contributed by atoms with Gasteiger partial charge in [0.15, 0.2) is 0 Å². The molecule has 5 heteroatoms. The molecule has 0 aliphatic rings. The molecule has 0 bridgehead atoms. The summed E-state index contributed by atoms with van der Waals surface area (Å²) in [4.78, 5) is 0. The topological polar surface area (TPSA) is 41.5 Å². The van der Waals surface area contributed by atoms with E-state index in [0.717, 1.165) is 18.5 Å². The molecule has 0 heterocycles. The van der Waals surface area contributed by atoms with E-state index in [0.29, 0.717) is 0 Å². The molecule has 0 aromatic rings. The van der Waals surface area contributed by atoms with Crippen molar-refractivity contribution in [2.24, 2.45) is 0 Å². The average molecular weight is 214 g/mol. The quantitative estimate of drug-likeness (QED) is 0.494. The fraction of sp³-hybridized carbons (Fsp3) is 1.00. The second-order valence-electron chi connectivity index (χ2n) is 2.04. The van der Waals surface area contributed by atoms with Crippen molar-refractivity contribution in [1.82, 2.24) is 0 Å². The van der Waals surface area contributed by atoms with Gasteiger partial charge in [-0.2, -0.15) is 0 Å². The molecule has 0 saturated carbocycles. The van der Waals surface area contributed by atoms with Crippen molar-refractivity contribution in [3.63, 3.8) is 0 Å². The minimum absolute atomic E-state index is 0. The van der Waals surface area contributed by atoms with E-state index in [9.17, 15) is 0 Å². The molecule has 0 aliphatic carbocycles. The molecule has 0 aromatic heterocycles. The minimum atomic E-state index is -1.21. The third-order valence-electron chi connectivity index (χ3n) is 1.04. The Labute approximate surface area is 109 Å². The molecule has 13 heavy (non-hydrogen) atoms. The number of rotatable bonds is 5. The summed E-state index contributed by atoms with van der Waals surface area (Å²) in [6.45, 7) is 9.29. The van der Waals surface area contributed by atoms with Crippen LogP contribution < -0.4 is 34.7 Å². The molecule has 0 atom stereocenters. The van der Waals surface area contributed by atoms with Crippen LogP contribution in [0.4, 0.5) is 0 Å². The van der Waals surface area contributed by atoms with Gasteiger partial charge in [-0.05, 0) is 19.1 Å². The Bertz CT molecular complexity index is 70.4. The summed E-state index contributed by atoms with van der Waals surface area (Å²) in [5.41, 5.74) is 0. The minimum Gasteiger partial charge on any atom is -0.855 e. The van der Waals surface area contributed by atoms with Gasteiger partial charge >= 0.3 is 44.4 Å².